The fourth-order valence-corrected chi connectivity index (χ4v) is 2.57. The van der Waals surface area contributed by atoms with E-state index in [4.69, 9.17) is 23.2 Å². The Morgan fingerprint density at radius 3 is 2.72 bits per heavy atom. The van der Waals surface area contributed by atoms with Gasteiger partial charge in [-0.2, -0.15) is 0 Å². The molecule has 0 amide bonds. The predicted octanol–water partition coefficient (Wildman–Crippen LogP) is 3.31. The van der Waals surface area contributed by atoms with Gasteiger partial charge < -0.3 is 0 Å². The smallest absolute Gasteiger partial charge is 0.188 e. The summed E-state index contributed by atoms with van der Waals surface area (Å²) in [6.45, 7) is 0. The molecule has 18 heavy (non-hydrogen) atoms. The zero-order chi connectivity index (χ0) is 13.3. The highest BCUT2D eigenvalue weighted by Crippen LogP contribution is 2.23. The average Bonchev–Trinajstić information content (AvgIpc) is 2.62. The van der Waals surface area contributed by atoms with E-state index in [1.165, 1.54) is 4.68 Å². The number of carbonyl (C=O) groups excluding carboxylic acids is 1. The number of rotatable bonds is 3. The Labute approximate surface area is 122 Å². The highest BCUT2D eigenvalue weighted by atomic mass is 79.9. The van der Waals surface area contributed by atoms with Gasteiger partial charge in [-0.3, -0.25) is 4.79 Å². The molecule has 0 spiro atoms. The van der Waals surface area contributed by atoms with E-state index in [0.717, 1.165) is 5.56 Å². The summed E-state index contributed by atoms with van der Waals surface area (Å²) in [4.78, 5) is 12.1. The number of hydrogen-bond donors (Lipinski definition) is 0. The summed E-state index contributed by atoms with van der Waals surface area (Å²) < 4.78 is 1.86. The molecule has 0 unspecified atom stereocenters. The van der Waals surface area contributed by atoms with Crippen LogP contribution in [0.4, 0.5) is 0 Å². The van der Waals surface area contributed by atoms with Crippen molar-refractivity contribution < 1.29 is 4.79 Å². The third kappa shape index (κ3) is 2.74. The summed E-state index contributed by atoms with van der Waals surface area (Å²) in [6, 6.07) is 5.05. The van der Waals surface area contributed by atoms with Crippen molar-refractivity contribution in [1.29, 1.82) is 0 Å². The van der Waals surface area contributed by atoms with Crippen molar-refractivity contribution in [2.75, 3.05) is 0 Å². The van der Waals surface area contributed by atoms with Crippen LogP contribution in [0, 0.1) is 0 Å². The van der Waals surface area contributed by atoms with Crippen LogP contribution in [0.2, 0.25) is 10.0 Å². The van der Waals surface area contributed by atoms with Crippen molar-refractivity contribution in [3.63, 3.8) is 0 Å². The molecule has 0 saturated heterocycles. The van der Waals surface area contributed by atoms with E-state index in [-0.39, 0.29) is 12.2 Å². The fourth-order valence-electron chi connectivity index (χ4n) is 1.55. The van der Waals surface area contributed by atoms with Crippen molar-refractivity contribution in [3.8, 4) is 0 Å². The minimum Gasteiger partial charge on any atom is -0.292 e. The average molecular weight is 349 g/mol. The van der Waals surface area contributed by atoms with E-state index in [0.29, 0.717) is 20.3 Å². The third-order valence-electron chi connectivity index (χ3n) is 2.42. The maximum Gasteiger partial charge on any atom is 0.188 e. The van der Waals surface area contributed by atoms with Gasteiger partial charge in [-0.15, -0.1) is 5.10 Å². The standard InChI is InChI=1S/C11H8BrCl2N3O/c1-17-10(11(12)15-16-17)9(18)4-6-2-3-7(13)5-8(6)14/h2-3,5H,4H2,1H3. The quantitative estimate of drug-likeness (QED) is 0.799. The van der Waals surface area contributed by atoms with Crippen LogP contribution in [-0.4, -0.2) is 20.8 Å². The number of Topliss-reactive ketones (excluding diaryl/α,β-unsaturated/α-hetero) is 1. The monoisotopic (exact) mass is 347 g/mol. The summed E-state index contributed by atoms with van der Waals surface area (Å²) in [5.74, 6) is -0.112. The van der Waals surface area contributed by atoms with E-state index < -0.39 is 0 Å². The lowest BCUT2D eigenvalue weighted by atomic mass is 10.1. The Morgan fingerprint density at radius 1 is 1.44 bits per heavy atom. The minimum atomic E-state index is -0.112. The normalized spacial score (nSPS) is 10.7. The maximum absolute atomic E-state index is 12.1. The molecule has 0 N–H and O–H groups in total. The Bertz CT molecular complexity index is 593. The van der Waals surface area contributed by atoms with Crippen LogP contribution in [0.3, 0.4) is 0 Å². The molecule has 1 heterocycles. The topological polar surface area (TPSA) is 47.8 Å². The number of halogens is 3. The van der Waals surface area contributed by atoms with Crippen LogP contribution >= 0.6 is 39.1 Å². The van der Waals surface area contributed by atoms with Gasteiger partial charge in [-0.05, 0) is 33.6 Å². The second-order valence-corrected chi connectivity index (χ2v) is 5.28. The molecule has 1 aromatic carbocycles. The molecule has 94 valence electrons. The zero-order valence-corrected chi connectivity index (χ0v) is 12.4. The number of hydrogen-bond acceptors (Lipinski definition) is 3. The highest BCUT2D eigenvalue weighted by Gasteiger charge is 2.18. The first-order valence-corrected chi connectivity index (χ1v) is 6.56. The number of benzene rings is 1. The molecule has 1 aromatic heterocycles. The summed E-state index contributed by atoms with van der Waals surface area (Å²) in [5, 5.41) is 8.55. The van der Waals surface area contributed by atoms with Crippen LogP contribution in [-0.2, 0) is 13.5 Å². The lowest BCUT2D eigenvalue weighted by Crippen LogP contribution is -2.10. The third-order valence-corrected chi connectivity index (χ3v) is 3.54. The predicted molar refractivity (Wildman–Crippen MR) is 73.2 cm³/mol. The van der Waals surface area contributed by atoms with E-state index in [1.54, 1.807) is 25.2 Å². The Hall–Kier alpha value is -0.910. The van der Waals surface area contributed by atoms with E-state index in [2.05, 4.69) is 26.2 Å². The van der Waals surface area contributed by atoms with E-state index in [1.807, 2.05) is 0 Å². The molecular weight excluding hydrogens is 341 g/mol. The zero-order valence-electron chi connectivity index (χ0n) is 9.32. The van der Waals surface area contributed by atoms with Crippen LogP contribution in [0.25, 0.3) is 0 Å². The second kappa shape index (κ2) is 5.38. The molecule has 0 fully saturated rings. The van der Waals surface area contributed by atoms with Gasteiger partial charge >= 0.3 is 0 Å². The fraction of sp³-hybridized carbons (Fsp3) is 0.182. The molecule has 0 radical (unpaired) electrons. The van der Waals surface area contributed by atoms with Crippen molar-refractivity contribution in [2.45, 2.75) is 6.42 Å². The highest BCUT2D eigenvalue weighted by molar-refractivity contribution is 9.10. The SMILES string of the molecule is Cn1nnc(Br)c1C(=O)Cc1ccc(Cl)cc1Cl. The molecule has 0 bridgehead atoms. The Kier molecular flexibility index (Phi) is 4.04. The molecule has 2 aromatic rings. The van der Waals surface area contributed by atoms with Crippen LogP contribution in [0.1, 0.15) is 16.1 Å². The number of nitrogens with zero attached hydrogens (tertiary/aromatic N) is 3. The van der Waals surface area contributed by atoms with Crippen molar-refractivity contribution >= 4 is 44.9 Å². The summed E-state index contributed by atoms with van der Waals surface area (Å²) >= 11 is 15.0. The summed E-state index contributed by atoms with van der Waals surface area (Å²) in [7, 11) is 1.66. The minimum absolute atomic E-state index is 0.112. The van der Waals surface area contributed by atoms with Crippen LogP contribution in [0.5, 0.6) is 0 Å². The molecule has 0 saturated carbocycles. The van der Waals surface area contributed by atoms with Gasteiger partial charge in [-0.25, -0.2) is 4.68 Å². The first-order valence-electron chi connectivity index (χ1n) is 5.01. The largest absolute Gasteiger partial charge is 0.292 e. The molecule has 0 aliphatic carbocycles. The van der Waals surface area contributed by atoms with E-state index in [9.17, 15) is 4.79 Å². The van der Waals surface area contributed by atoms with Crippen LogP contribution < -0.4 is 0 Å². The first kappa shape index (κ1) is 13.5. The Balaban J connectivity index is 2.27. The van der Waals surface area contributed by atoms with Gasteiger partial charge in [0.25, 0.3) is 0 Å². The number of ketones is 1. The van der Waals surface area contributed by atoms with Gasteiger partial charge in [0.2, 0.25) is 0 Å². The molecule has 7 heteroatoms. The molecule has 0 aliphatic heterocycles. The second-order valence-electron chi connectivity index (χ2n) is 3.69. The van der Waals surface area contributed by atoms with Crippen molar-refractivity contribution in [2.24, 2.45) is 7.05 Å². The molecule has 0 aliphatic rings. The van der Waals surface area contributed by atoms with Gasteiger partial charge in [0.1, 0.15) is 5.69 Å². The van der Waals surface area contributed by atoms with E-state index >= 15 is 0 Å². The molecular formula is C11H8BrCl2N3O. The van der Waals surface area contributed by atoms with Crippen molar-refractivity contribution in [1.82, 2.24) is 15.0 Å². The summed E-state index contributed by atoms with van der Waals surface area (Å²) in [6.07, 6.45) is 0.176. The number of aromatic nitrogens is 3. The van der Waals surface area contributed by atoms with Crippen LogP contribution in [0.15, 0.2) is 22.8 Å². The lowest BCUT2D eigenvalue weighted by molar-refractivity contribution is 0.0983. The molecule has 2 rings (SSSR count). The van der Waals surface area contributed by atoms with Gasteiger partial charge in [0.15, 0.2) is 10.4 Å². The van der Waals surface area contributed by atoms with Gasteiger partial charge in [0.05, 0.1) is 0 Å². The summed E-state index contributed by atoms with van der Waals surface area (Å²) in [5.41, 5.74) is 1.14. The first-order chi connectivity index (χ1) is 8.49. The van der Waals surface area contributed by atoms with Gasteiger partial charge in [0, 0.05) is 23.5 Å². The molecule has 4 nitrogen and oxygen atoms in total. The van der Waals surface area contributed by atoms with Crippen molar-refractivity contribution in [3.05, 3.63) is 44.1 Å². The molecule has 0 atom stereocenters. The van der Waals surface area contributed by atoms with Gasteiger partial charge in [-0.1, -0.05) is 34.5 Å². The maximum atomic E-state index is 12.1. The Morgan fingerprint density at radius 2 is 2.17 bits per heavy atom. The number of carbonyl (C=O) groups is 1. The lowest BCUT2D eigenvalue weighted by Gasteiger charge is -2.04. The number of aryl methyl sites for hydroxylation is 1.